The Balaban J connectivity index is 2.52. The van der Waals surface area contributed by atoms with E-state index in [4.69, 9.17) is 11.6 Å². The number of hydrogen-bond donors (Lipinski definition) is 1. The second kappa shape index (κ2) is 6.55. The van der Waals surface area contributed by atoms with Crippen LogP contribution in [0.3, 0.4) is 0 Å². The van der Waals surface area contributed by atoms with Gasteiger partial charge in [0.25, 0.3) is 0 Å². The minimum Gasteiger partial charge on any atom is -0.469 e. The number of methoxy groups -OCH3 is 1. The highest BCUT2D eigenvalue weighted by Crippen LogP contribution is 2.11. The Morgan fingerprint density at radius 1 is 1.50 bits per heavy atom. The van der Waals surface area contributed by atoms with Crippen molar-refractivity contribution in [3.8, 4) is 0 Å². The van der Waals surface area contributed by atoms with Crippen LogP contribution in [0.15, 0.2) is 18.2 Å². The van der Waals surface area contributed by atoms with Crippen molar-refractivity contribution >= 4 is 33.4 Å². The fraction of sp³-hybridized carbons (Fsp3) is 0.400. The number of hydrogen-bond acceptors (Lipinski definition) is 5. The summed E-state index contributed by atoms with van der Waals surface area (Å²) >= 11 is 5.63. The van der Waals surface area contributed by atoms with Gasteiger partial charge < -0.3 is 4.74 Å². The zero-order chi connectivity index (χ0) is 13.6. The minimum absolute atomic E-state index is 0.0559. The third-order valence-electron chi connectivity index (χ3n) is 2.00. The number of nitrogens with one attached hydrogen (secondary N) is 1. The molecule has 0 unspecified atom stereocenters. The Kier molecular flexibility index (Phi) is 5.36. The molecule has 0 saturated heterocycles. The molecular formula is C10H13ClN2O4S. The molecule has 1 heterocycles. The van der Waals surface area contributed by atoms with E-state index in [9.17, 15) is 13.2 Å². The van der Waals surface area contributed by atoms with Crippen LogP contribution < -0.4 is 4.72 Å². The number of carbonyl (C=O) groups is 1. The second-order valence-electron chi connectivity index (χ2n) is 3.45. The van der Waals surface area contributed by atoms with E-state index in [0.29, 0.717) is 0 Å². The largest absolute Gasteiger partial charge is 0.469 e. The molecule has 0 saturated carbocycles. The van der Waals surface area contributed by atoms with E-state index in [-0.39, 0.29) is 29.6 Å². The zero-order valence-corrected chi connectivity index (χ0v) is 11.3. The summed E-state index contributed by atoms with van der Waals surface area (Å²) in [5, 5.41) is 0.199. The maximum absolute atomic E-state index is 11.6. The van der Waals surface area contributed by atoms with E-state index in [0.717, 1.165) is 0 Å². The van der Waals surface area contributed by atoms with Crippen molar-refractivity contribution in [1.29, 1.82) is 0 Å². The molecule has 1 rings (SSSR count). The van der Waals surface area contributed by atoms with Crippen LogP contribution in [0.5, 0.6) is 0 Å². The van der Waals surface area contributed by atoms with Gasteiger partial charge in [0.05, 0.1) is 12.9 Å². The van der Waals surface area contributed by atoms with Crippen molar-refractivity contribution in [2.45, 2.75) is 12.8 Å². The van der Waals surface area contributed by atoms with Crippen LogP contribution in [0.4, 0.5) is 5.82 Å². The molecule has 0 bridgehead atoms. The van der Waals surface area contributed by atoms with E-state index in [1.165, 1.54) is 19.2 Å². The zero-order valence-electron chi connectivity index (χ0n) is 9.72. The summed E-state index contributed by atoms with van der Waals surface area (Å²) in [7, 11) is -2.28. The van der Waals surface area contributed by atoms with Crippen molar-refractivity contribution in [1.82, 2.24) is 4.98 Å². The number of halogens is 1. The molecule has 0 fully saturated rings. The van der Waals surface area contributed by atoms with Gasteiger partial charge in [-0.25, -0.2) is 13.4 Å². The fourth-order valence-corrected chi connectivity index (χ4v) is 2.41. The van der Waals surface area contributed by atoms with E-state index in [1.54, 1.807) is 6.07 Å². The quantitative estimate of drug-likeness (QED) is 0.633. The Hall–Kier alpha value is -1.34. The molecule has 0 aliphatic rings. The lowest BCUT2D eigenvalue weighted by Gasteiger charge is -2.06. The monoisotopic (exact) mass is 292 g/mol. The molecule has 18 heavy (non-hydrogen) atoms. The summed E-state index contributed by atoms with van der Waals surface area (Å²) in [6, 6.07) is 4.61. The van der Waals surface area contributed by atoms with Crippen LogP contribution in [0.25, 0.3) is 0 Å². The Labute approximate surface area is 110 Å². The van der Waals surface area contributed by atoms with Gasteiger partial charge in [0.1, 0.15) is 11.0 Å². The third kappa shape index (κ3) is 5.33. The molecule has 1 aromatic rings. The Bertz CT molecular complexity index is 518. The first-order valence-corrected chi connectivity index (χ1v) is 7.16. The molecule has 0 spiro atoms. The lowest BCUT2D eigenvalue weighted by molar-refractivity contribution is -0.140. The van der Waals surface area contributed by atoms with E-state index in [1.807, 2.05) is 0 Å². The molecule has 1 aromatic heterocycles. The molecule has 8 heteroatoms. The van der Waals surface area contributed by atoms with Gasteiger partial charge in [-0.1, -0.05) is 17.7 Å². The summed E-state index contributed by atoms with van der Waals surface area (Å²) < 4.78 is 30.0. The predicted octanol–water partition coefficient (Wildman–Crippen LogP) is 1.43. The van der Waals surface area contributed by atoms with Crippen LogP contribution in [0, 0.1) is 0 Å². The first-order chi connectivity index (χ1) is 8.43. The van der Waals surface area contributed by atoms with Crippen molar-refractivity contribution < 1.29 is 17.9 Å². The van der Waals surface area contributed by atoms with E-state index < -0.39 is 16.0 Å². The number of ether oxygens (including phenoxy) is 1. The smallest absolute Gasteiger partial charge is 0.305 e. The number of nitrogens with zero attached hydrogens (tertiary/aromatic N) is 1. The van der Waals surface area contributed by atoms with Gasteiger partial charge in [-0.05, 0) is 18.6 Å². The summed E-state index contributed by atoms with van der Waals surface area (Å²) in [4.78, 5) is 14.6. The number of rotatable bonds is 6. The number of sulfonamides is 1. The maximum Gasteiger partial charge on any atom is 0.305 e. The highest BCUT2D eigenvalue weighted by Gasteiger charge is 2.12. The normalized spacial score (nSPS) is 11.0. The molecule has 1 N–H and O–H groups in total. The maximum atomic E-state index is 11.6. The van der Waals surface area contributed by atoms with Gasteiger partial charge in [-0.15, -0.1) is 0 Å². The molecule has 0 aliphatic carbocycles. The molecule has 0 aliphatic heterocycles. The van der Waals surface area contributed by atoms with Gasteiger partial charge in [0, 0.05) is 6.42 Å². The topological polar surface area (TPSA) is 85.4 Å². The van der Waals surface area contributed by atoms with Crippen LogP contribution in [-0.4, -0.2) is 32.2 Å². The molecule has 0 radical (unpaired) electrons. The average molecular weight is 293 g/mol. The van der Waals surface area contributed by atoms with Gasteiger partial charge in [-0.2, -0.15) is 0 Å². The molecule has 6 nitrogen and oxygen atoms in total. The highest BCUT2D eigenvalue weighted by atomic mass is 35.5. The number of anilines is 1. The van der Waals surface area contributed by atoms with Crippen molar-refractivity contribution in [3.63, 3.8) is 0 Å². The summed E-state index contributed by atoms with van der Waals surface area (Å²) in [6.45, 7) is 0. The summed E-state index contributed by atoms with van der Waals surface area (Å²) in [5.41, 5.74) is 0. The number of aromatic nitrogens is 1. The lowest BCUT2D eigenvalue weighted by Crippen LogP contribution is -2.18. The van der Waals surface area contributed by atoms with Crippen LogP contribution in [0.1, 0.15) is 12.8 Å². The Morgan fingerprint density at radius 3 is 2.83 bits per heavy atom. The van der Waals surface area contributed by atoms with Crippen molar-refractivity contribution in [2.24, 2.45) is 0 Å². The van der Waals surface area contributed by atoms with Crippen LogP contribution >= 0.6 is 11.6 Å². The molecule has 0 aromatic carbocycles. The molecular weight excluding hydrogens is 280 g/mol. The molecule has 0 atom stereocenters. The lowest BCUT2D eigenvalue weighted by atomic mass is 10.3. The third-order valence-corrected chi connectivity index (χ3v) is 3.55. The average Bonchev–Trinajstić information content (AvgIpc) is 2.27. The predicted molar refractivity (Wildman–Crippen MR) is 67.9 cm³/mol. The van der Waals surface area contributed by atoms with E-state index >= 15 is 0 Å². The SMILES string of the molecule is COC(=O)CCCS(=O)(=O)Nc1cccc(Cl)n1. The van der Waals surface area contributed by atoms with Gasteiger partial charge in [0.15, 0.2) is 0 Å². The molecule has 0 amide bonds. The van der Waals surface area contributed by atoms with E-state index in [2.05, 4.69) is 14.4 Å². The standard InChI is InChI=1S/C10H13ClN2O4S/c1-17-10(14)6-3-7-18(15,16)13-9-5-2-4-8(11)12-9/h2,4-5H,3,6-7H2,1H3,(H,12,13). The number of esters is 1. The number of carbonyl (C=O) groups excluding carboxylic acids is 1. The summed E-state index contributed by atoms with van der Waals surface area (Å²) in [6.07, 6.45) is 0.239. The minimum atomic E-state index is -3.53. The molecule has 100 valence electrons. The second-order valence-corrected chi connectivity index (χ2v) is 5.68. The first-order valence-electron chi connectivity index (χ1n) is 5.13. The Morgan fingerprint density at radius 2 is 2.22 bits per heavy atom. The van der Waals surface area contributed by atoms with Crippen LogP contribution in [-0.2, 0) is 19.6 Å². The summed E-state index contributed by atoms with van der Waals surface area (Å²) in [5.74, 6) is -0.470. The van der Waals surface area contributed by atoms with Crippen molar-refractivity contribution in [2.75, 3.05) is 17.6 Å². The van der Waals surface area contributed by atoms with Crippen LogP contribution in [0.2, 0.25) is 5.15 Å². The number of pyridine rings is 1. The van der Waals surface area contributed by atoms with Gasteiger partial charge >= 0.3 is 5.97 Å². The highest BCUT2D eigenvalue weighted by molar-refractivity contribution is 7.92. The first kappa shape index (κ1) is 14.7. The van der Waals surface area contributed by atoms with Gasteiger partial charge in [-0.3, -0.25) is 9.52 Å². The van der Waals surface area contributed by atoms with Gasteiger partial charge in [0.2, 0.25) is 10.0 Å². The fourth-order valence-electron chi connectivity index (χ4n) is 1.18. The van der Waals surface area contributed by atoms with Crippen molar-refractivity contribution in [3.05, 3.63) is 23.4 Å².